The van der Waals surface area contributed by atoms with E-state index in [1.165, 1.54) is 13.5 Å². The standard InChI is InChI=1S/C18H34O3Si/c1-17(2,3)22(6,7)21-15-11-10-14-13(16(19)20-5)9-8-12-18(14,15)4/h13-15H,8-12H2,1-7H3/t13-,14+,15+,18+/m1/s1. The fourth-order valence-corrected chi connectivity index (χ4v) is 5.75. The summed E-state index contributed by atoms with van der Waals surface area (Å²) in [5.74, 6) is 0.504. The minimum Gasteiger partial charge on any atom is -0.469 e. The number of carbonyl (C=O) groups is 1. The summed E-state index contributed by atoms with van der Waals surface area (Å²) in [6, 6.07) is 0. The van der Waals surface area contributed by atoms with Gasteiger partial charge in [0.15, 0.2) is 8.32 Å². The number of esters is 1. The number of ether oxygens (including phenoxy) is 1. The molecule has 0 unspecified atom stereocenters. The first-order valence-corrected chi connectivity index (χ1v) is 11.7. The van der Waals surface area contributed by atoms with Crippen LogP contribution in [0.25, 0.3) is 0 Å². The highest BCUT2D eigenvalue weighted by molar-refractivity contribution is 6.74. The van der Waals surface area contributed by atoms with Gasteiger partial charge in [-0.1, -0.05) is 34.1 Å². The fraction of sp³-hybridized carbons (Fsp3) is 0.944. The van der Waals surface area contributed by atoms with Crippen molar-refractivity contribution in [2.24, 2.45) is 17.3 Å². The van der Waals surface area contributed by atoms with E-state index in [2.05, 4.69) is 40.8 Å². The number of fused-ring (bicyclic) bond motifs is 1. The van der Waals surface area contributed by atoms with Gasteiger partial charge in [-0.05, 0) is 55.1 Å². The van der Waals surface area contributed by atoms with Crippen LogP contribution in [-0.4, -0.2) is 27.5 Å². The van der Waals surface area contributed by atoms with Gasteiger partial charge in [-0.15, -0.1) is 0 Å². The van der Waals surface area contributed by atoms with Crippen LogP contribution in [0, 0.1) is 17.3 Å². The van der Waals surface area contributed by atoms with Gasteiger partial charge in [0.2, 0.25) is 0 Å². The van der Waals surface area contributed by atoms with Crippen LogP contribution < -0.4 is 0 Å². The molecule has 4 heteroatoms. The lowest BCUT2D eigenvalue weighted by atomic mass is 9.63. The van der Waals surface area contributed by atoms with E-state index < -0.39 is 8.32 Å². The average Bonchev–Trinajstić information content (AvgIpc) is 2.73. The Labute approximate surface area is 137 Å². The molecule has 0 aromatic rings. The largest absolute Gasteiger partial charge is 0.469 e. The Bertz CT molecular complexity index is 427. The molecular formula is C18H34O3Si. The topological polar surface area (TPSA) is 35.5 Å². The zero-order chi connectivity index (χ0) is 16.8. The molecule has 0 heterocycles. The van der Waals surface area contributed by atoms with Crippen molar-refractivity contribution < 1.29 is 14.0 Å². The normalized spacial score (nSPS) is 36.0. The van der Waals surface area contributed by atoms with Gasteiger partial charge in [-0.3, -0.25) is 4.79 Å². The second-order valence-corrected chi connectivity index (χ2v) is 13.8. The second kappa shape index (κ2) is 5.93. The number of rotatable bonds is 3. The first-order valence-electron chi connectivity index (χ1n) is 8.78. The van der Waals surface area contributed by atoms with Gasteiger partial charge < -0.3 is 9.16 Å². The van der Waals surface area contributed by atoms with Crippen LogP contribution in [0.3, 0.4) is 0 Å². The summed E-state index contributed by atoms with van der Waals surface area (Å²) in [6.45, 7) is 13.9. The lowest BCUT2D eigenvalue weighted by molar-refractivity contribution is -0.152. The van der Waals surface area contributed by atoms with Crippen LogP contribution in [0.4, 0.5) is 0 Å². The smallest absolute Gasteiger partial charge is 0.308 e. The predicted molar refractivity (Wildman–Crippen MR) is 92.3 cm³/mol. The molecule has 0 aliphatic heterocycles. The summed E-state index contributed by atoms with van der Waals surface area (Å²) in [5.41, 5.74) is 0.145. The molecule has 0 saturated heterocycles. The third-order valence-corrected chi connectivity index (χ3v) is 11.3. The molecule has 0 radical (unpaired) electrons. The lowest BCUT2D eigenvalue weighted by Crippen LogP contribution is -2.50. The maximum absolute atomic E-state index is 12.1. The van der Waals surface area contributed by atoms with E-state index in [1.54, 1.807) is 0 Å². The minimum absolute atomic E-state index is 0.0103. The van der Waals surface area contributed by atoms with Crippen molar-refractivity contribution in [3.05, 3.63) is 0 Å². The summed E-state index contributed by atoms with van der Waals surface area (Å²) in [7, 11) is -0.246. The zero-order valence-electron chi connectivity index (χ0n) is 15.5. The third kappa shape index (κ3) is 3.01. The van der Waals surface area contributed by atoms with Crippen LogP contribution in [0.2, 0.25) is 18.1 Å². The quantitative estimate of drug-likeness (QED) is 0.554. The molecule has 3 nitrogen and oxygen atoms in total. The molecule has 2 saturated carbocycles. The zero-order valence-corrected chi connectivity index (χ0v) is 16.5. The first kappa shape index (κ1) is 18.0. The van der Waals surface area contributed by atoms with Crippen molar-refractivity contribution in [1.82, 2.24) is 0 Å². The van der Waals surface area contributed by atoms with Crippen LogP contribution in [0.5, 0.6) is 0 Å². The third-order valence-electron chi connectivity index (χ3n) is 6.79. The van der Waals surface area contributed by atoms with Gasteiger partial charge in [-0.2, -0.15) is 0 Å². The monoisotopic (exact) mass is 326 g/mol. The Morgan fingerprint density at radius 1 is 1.18 bits per heavy atom. The Kier molecular flexibility index (Phi) is 4.85. The molecule has 0 amide bonds. The highest BCUT2D eigenvalue weighted by Gasteiger charge is 2.55. The molecule has 0 aromatic heterocycles. The highest BCUT2D eigenvalue weighted by atomic mass is 28.4. The van der Waals surface area contributed by atoms with Crippen molar-refractivity contribution in [3.8, 4) is 0 Å². The molecule has 2 aliphatic rings. The van der Waals surface area contributed by atoms with Crippen molar-refractivity contribution >= 4 is 14.3 Å². The van der Waals surface area contributed by atoms with Gasteiger partial charge in [0.05, 0.1) is 19.1 Å². The molecule has 2 aliphatic carbocycles. The maximum Gasteiger partial charge on any atom is 0.308 e. The molecule has 0 spiro atoms. The van der Waals surface area contributed by atoms with E-state index in [-0.39, 0.29) is 22.3 Å². The SMILES string of the molecule is COC(=O)[C@@H]1CCC[C@]2(C)[C@@H](O[Si](C)(C)C(C)(C)C)CC[C@@H]12. The average molecular weight is 327 g/mol. The molecule has 0 aromatic carbocycles. The molecule has 2 fully saturated rings. The highest BCUT2D eigenvalue weighted by Crippen LogP contribution is 2.57. The molecule has 0 bridgehead atoms. The summed E-state index contributed by atoms with van der Waals surface area (Å²) in [6.07, 6.45) is 5.80. The Morgan fingerprint density at radius 3 is 2.36 bits per heavy atom. The Balaban J connectivity index is 2.19. The molecule has 0 N–H and O–H groups in total. The molecular weight excluding hydrogens is 292 g/mol. The molecule has 22 heavy (non-hydrogen) atoms. The van der Waals surface area contributed by atoms with Crippen molar-refractivity contribution in [3.63, 3.8) is 0 Å². The van der Waals surface area contributed by atoms with Gasteiger partial charge in [0, 0.05) is 0 Å². The van der Waals surface area contributed by atoms with Crippen LogP contribution in [-0.2, 0) is 14.0 Å². The van der Waals surface area contributed by atoms with E-state index in [0.717, 1.165) is 25.7 Å². The van der Waals surface area contributed by atoms with E-state index in [0.29, 0.717) is 12.0 Å². The van der Waals surface area contributed by atoms with Gasteiger partial charge >= 0.3 is 5.97 Å². The van der Waals surface area contributed by atoms with E-state index in [9.17, 15) is 4.79 Å². The second-order valence-electron chi connectivity index (χ2n) is 9.08. The van der Waals surface area contributed by atoms with Crippen LogP contribution >= 0.6 is 0 Å². The van der Waals surface area contributed by atoms with E-state index >= 15 is 0 Å². The van der Waals surface area contributed by atoms with Crippen LogP contribution in [0.1, 0.15) is 59.8 Å². The van der Waals surface area contributed by atoms with Crippen LogP contribution in [0.15, 0.2) is 0 Å². The number of hydrogen-bond donors (Lipinski definition) is 0. The van der Waals surface area contributed by atoms with Gasteiger partial charge in [-0.25, -0.2) is 0 Å². The Hall–Kier alpha value is -0.353. The molecule has 128 valence electrons. The van der Waals surface area contributed by atoms with E-state index in [1.807, 2.05) is 0 Å². The van der Waals surface area contributed by atoms with Crippen molar-refractivity contribution in [2.75, 3.05) is 7.11 Å². The fourth-order valence-electron chi connectivity index (χ4n) is 4.30. The van der Waals surface area contributed by atoms with Gasteiger partial charge in [0.25, 0.3) is 0 Å². The molecule has 2 rings (SSSR count). The first-order chi connectivity index (χ1) is 10.0. The molecule has 4 atom stereocenters. The predicted octanol–water partition coefficient (Wildman–Crippen LogP) is 4.77. The maximum atomic E-state index is 12.1. The number of hydrogen-bond acceptors (Lipinski definition) is 3. The summed E-state index contributed by atoms with van der Waals surface area (Å²) < 4.78 is 11.8. The number of methoxy groups -OCH3 is 1. The summed E-state index contributed by atoms with van der Waals surface area (Å²) in [4.78, 5) is 12.1. The van der Waals surface area contributed by atoms with Crippen molar-refractivity contribution in [1.29, 1.82) is 0 Å². The van der Waals surface area contributed by atoms with E-state index in [4.69, 9.17) is 9.16 Å². The summed E-state index contributed by atoms with van der Waals surface area (Å²) in [5, 5.41) is 0.234. The summed E-state index contributed by atoms with van der Waals surface area (Å²) >= 11 is 0. The Morgan fingerprint density at radius 2 is 1.82 bits per heavy atom. The lowest BCUT2D eigenvalue weighted by Gasteiger charge is -2.47. The number of carbonyl (C=O) groups excluding carboxylic acids is 1. The van der Waals surface area contributed by atoms with Gasteiger partial charge in [0.1, 0.15) is 0 Å². The minimum atomic E-state index is -1.77. The van der Waals surface area contributed by atoms with Crippen molar-refractivity contribution in [2.45, 2.75) is 84.0 Å².